The van der Waals surface area contributed by atoms with Crippen molar-refractivity contribution in [1.29, 1.82) is 0 Å². The summed E-state index contributed by atoms with van der Waals surface area (Å²) >= 11 is 0. The summed E-state index contributed by atoms with van der Waals surface area (Å²) in [5.41, 5.74) is -0.881. The highest BCUT2D eigenvalue weighted by molar-refractivity contribution is 6.35. The molecule has 0 N–H and O–H groups in total. The van der Waals surface area contributed by atoms with E-state index >= 15 is 0 Å². The Balaban J connectivity index is 2.02. The Kier molecular flexibility index (Phi) is 4.93. The largest absolute Gasteiger partial charge is 0.468 e. The number of esters is 2. The highest BCUT2D eigenvalue weighted by Crippen LogP contribution is 2.69. The number of hydrogen-bond acceptors (Lipinski definition) is 5. The van der Waals surface area contributed by atoms with Gasteiger partial charge in [0.1, 0.15) is 5.57 Å². The normalized spacial score (nSPS) is 29.6. The summed E-state index contributed by atoms with van der Waals surface area (Å²) < 4.78 is 10.5. The predicted molar refractivity (Wildman–Crippen MR) is 123 cm³/mol. The minimum Gasteiger partial charge on any atom is -0.468 e. The molecular formula is C28H24O5. The fourth-order valence-corrected chi connectivity index (χ4v) is 6.26. The number of ether oxygens (including phenoxy) is 2. The van der Waals surface area contributed by atoms with Crippen molar-refractivity contribution in [2.75, 3.05) is 14.2 Å². The molecule has 0 heterocycles. The predicted octanol–water partition coefficient (Wildman–Crippen LogP) is 4.06. The number of benzene rings is 2. The van der Waals surface area contributed by atoms with Gasteiger partial charge in [-0.15, -0.1) is 0 Å². The summed E-state index contributed by atoms with van der Waals surface area (Å²) in [6, 6.07) is 18.9. The molecule has 0 fully saturated rings. The average Bonchev–Trinajstić information content (AvgIpc) is 3.03. The zero-order valence-electron chi connectivity index (χ0n) is 18.5. The first-order valence-corrected chi connectivity index (χ1v) is 11.0. The van der Waals surface area contributed by atoms with Gasteiger partial charge >= 0.3 is 11.9 Å². The number of Topliss-reactive ketones (excluding diaryl/α,β-unsaturated/α-hetero) is 1. The lowest BCUT2D eigenvalue weighted by atomic mass is 9.47. The van der Waals surface area contributed by atoms with Gasteiger partial charge in [-0.2, -0.15) is 0 Å². The van der Waals surface area contributed by atoms with Gasteiger partial charge in [0, 0.05) is 11.8 Å². The highest BCUT2D eigenvalue weighted by Gasteiger charge is 2.76. The van der Waals surface area contributed by atoms with E-state index < -0.39 is 34.5 Å². The van der Waals surface area contributed by atoms with E-state index in [-0.39, 0.29) is 11.5 Å². The molecule has 4 atom stereocenters. The first-order valence-electron chi connectivity index (χ1n) is 11.0. The van der Waals surface area contributed by atoms with Crippen molar-refractivity contribution in [3.8, 4) is 0 Å². The standard InChI is InChI=1S/C28H24O5/c1-32-25(30)22-23(18-10-5-3-6-11-18)27(19-12-7-4-8-13-19)20-14-9-15-21(17-16-20)28(27,24(22)29)26(31)33-2/h3-14,16-17,20-21H,15H2,1-2H3/t20-,21+,27-,28+/m1/s1. The zero-order chi connectivity index (χ0) is 23.2. The van der Waals surface area contributed by atoms with Crippen LogP contribution >= 0.6 is 0 Å². The average molecular weight is 440 g/mol. The number of ketones is 1. The Bertz CT molecular complexity index is 1220. The molecule has 0 radical (unpaired) electrons. The molecule has 2 aromatic carbocycles. The Morgan fingerprint density at radius 1 is 0.879 bits per heavy atom. The van der Waals surface area contributed by atoms with Crippen LogP contribution in [0.2, 0.25) is 0 Å². The number of fused-ring (bicyclic) bond motifs is 1. The monoisotopic (exact) mass is 440 g/mol. The van der Waals surface area contributed by atoms with E-state index in [1.54, 1.807) is 0 Å². The fourth-order valence-electron chi connectivity index (χ4n) is 6.26. The lowest BCUT2D eigenvalue weighted by Gasteiger charge is -2.52. The summed E-state index contributed by atoms with van der Waals surface area (Å²) in [6.07, 6.45) is 8.54. The van der Waals surface area contributed by atoms with Crippen LogP contribution in [0.4, 0.5) is 0 Å². The summed E-state index contributed by atoms with van der Waals surface area (Å²) in [5, 5.41) is 0. The van der Waals surface area contributed by atoms with Crippen LogP contribution in [0.15, 0.2) is 90.5 Å². The van der Waals surface area contributed by atoms with Crippen LogP contribution in [0.1, 0.15) is 17.5 Å². The third-order valence-corrected chi connectivity index (χ3v) is 7.38. The number of carbonyl (C=O) groups is 3. The van der Waals surface area contributed by atoms with Crippen molar-refractivity contribution in [2.24, 2.45) is 17.3 Å². The smallest absolute Gasteiger partial charge is 0.341 e. The molecule has 0 aromatic heterocycles. The molecule has 0 aliphatic heterocycles. The number of rotatable bonds is 4. The molecule has 4 aliphatic carbocycles. The Morgan fingerprint density at radius 2 is 1.55 bits per heavy atom. The van der Waals surface area contributed by atoms with Crippen LogP contribution in [-0.2, 0) is 29.3 Å². The van der Waals surface area contributed by atoms with Gasteiger partial charge in [-0.05, 0) is 23.1 Å². The summed E-state index contributed by atoms with van der Waals surface area (Å²) in [5.74, 6) is -2.74. The van der Waals surface area contributed by atoms with Crippen LogP contribution in [0.5, 0.6) is 0 Å². The molecule has 166 valence electrons. The van der Waals surface area contributed by atoms with Crippen LogP contribution in [0, 0.1) is 17.3 Å². The number of allylic oxidation sites excluding steroid dienone is 5. The molecule has 6 rings (SSSR count). The van der Waals surface area contributed by atoms with Gasteiger partial charge in [-0.1, -0.05) is 85.0 Å². The fraction of sp³-hybridized carbons (Fsp3) is 0.250. The first-order chi connectivity index (χ1) is 16.0. The molecular weight excluding hydrogens is 416 g/mol. The molecule has 0 saturated carbocycles. The van der Waals surface area contributed by atoms with Gasteiger partial charge in [0.25, 0.3) is 0 Å². The summed E-state index contributed by atoms with van der Waals surface area (Å²) in [4.78, 5) is 41.5. The third kappa shape index (κ3) is 2.50. The van der Waals surface area contributed by atoms with E-state index in [2.05, 4.69) is 6.08 Å². The van der Waals surface area contributed by atoms with Crippen molar-refractivity contribution in [3.05, 3.63) is 102 Å². The van der Waals surface area contributed by atoms with Gasteiger partial charge in [0.15, 0.2) is 11.2 Å². The maximum atomic E-state index is 14.4. The molecule has 5 heteroatoms. The van der Waals surface area contributed by atoms with Gasteiger partial charge in [0.2, 0.25) is 0 Å². The van der Waals surface area contributed by atoms with E-state index in [0.717, 1.165) is 5.56 Å². The maximum Gasteiger partial charge on any atom is 0.341 e. The van der Waals surface area contributed by atoms with Gasteiger partial charge in [-0.25, -0.2) is 4.79 Å². The second-order valence-corrected chi connectivity index (χ2v) is 8.59. The summed E-state index contributed by atoms with van der Waals surface area (Å²) in [6.45, 7) is 0. The molecule has 5 nitrogen and oxygen atoms in total. The van der Waals surface area contributed by atoms with Gasteiger partial charge in [0.05, 0.1) is 19.6 Å². The van der Waals surface area contributed by atoms with Crippen molar-refractivity contribution in [3.63, 3.8) is 0 Å². The molecule has 0 unspecified atom stereocenters. The van der Waals surface area contributed by atoms with Crippen molar-refractivity contribution in [2.45, 2.75) is 11.8 Å². The van der Waals surface area contributed by atoms with Gasteiger partial charge in [-0.3, -0.25) is 9.59 Å². The maximum absolute atomic E-state index is 14.4. The number of hydrogen-bond donors (Lipinski definition) is 0. The van der Waals surface area contributed by atoms with Crippen LogP contribution < -0.4 is 0 Å². The lowest BCUT2D eigenvalue weighted by molar-refractivity contribution is -0.164. The second kappa shape index (κ2) is 7.69. The van der Waals surface area contributed by atoms with E-state index in [4.69, 9.17) is 9.47 Å². The molecule has 0 amide bonds. The van der Waals surface area contributed by atoms with Crippen molar-refractivity contribution in [1.82, 2.24) is 0 Å². The Labute approximate surface area is 192 Å². The topological polar surface area (TPSA) is 69.7 Å². The van der Waals surface area contributed by atoms with E-state index in [1.165, 1.54) is 14.2 Å². The first kappa shape index (κ1) is 21.1. The Morgan fingerprint density at radius 3 is 2.18 bits per heavy atom. The molecule has 2 bridgehead atoms. The molecule has 33 heavy (non-hydrogen) atoms. The van der Waals surface area contributed by atoms with E-state index in [9.17, 15) is 14.4 Å². The third-order valence-electron chi connectivity index (χ3n) is 7.38. The van der Waals surface area contributed by atoms with Crippen molar-refractivity contribution >= 4 is 23.3 Å². The molecule has 0 saturated heterocycles. The zero-order valence-corrected chi connectivity index (χ0v) is 18.5. The summed E-state index contributed by atoms with van der Waals surface area (Å²) in [7, 11) is 2.56. The number of methoxy groups -OCH3 is 2. The SMILES string of the molecule is COC(=O)C1=C(c2ccccc2)[C@@]2(c3ccccc3)[C@@H]3C=CC[C@@H](C=C3)[C@@]2(C(=O)OC)C1=O. The quantitative estimate of drug-likeness (QED) is 0.310. The molecule has 0 spiro atoms. The van der Waals surface area contributed by atoms with Crippen LogP contribution in [0.25, 0.3) is 5.57 Å². The van der Waals surface area contributed by atoms with Crippen LogP contribution in [-0.4, -0.2) is 31.9 Å². The van der Waals surface area contributed by atoms with Crippen LogP contribution in [0.3, 0.4) is 0 Å². The minimum absolute atomic E-state index is 0.0769. The number of carbonyl (C=O) groups excluding carboxylic acids is 3. The van der Waals surface area contributed by atoms with E-state index in [0.29, 0.717) is 17.6 Å². The highest BCUT2D eigenvalue weighted by atomic mass is 16.5. The van der Waals surface area contributed by atoms with Crippen molar-refractivity contribution < 1.29 is 23.9 Å². The second-order valence-electron chi connectivity index (χ2n) is 8.59. The molecule has 2 aromatic rings. The molecule has 4 aliphatic rings. The Hall–Kier alpha value is -3.73. The minimum atomic E-state index is -1.64. The van der Waals surface area contributed by atoms with E-state index in [1.807, 2.05) is 78.9 Å². The lowest BCUT2D eigenvalue weighted by Crippen LogP contribution is -2.61. The van der Waals surface area contributed by atoms with Gasteiger partial charge < -0.3 is 9.47 Å².